The van der Waals surface area contributed by atoms with Crippen LogP contribution in [-0.4, -0.2) is 34.5 Å². The zero-order valence-corrected chi connectivity index (χ0v) is 16.6. The third-order valence-corrected chi connectivity index (χ3v) is 5.05. The average Bonchev–Trinajstić information content (AvgIpc) is 3.12. The summed E-state index contributed by atoms with van der Waals surface area (Å²) in [6, 6.07) is 8.94. The van der Waals surface area contributed by atoms with E-state index in [0.717, 1.165) is 17.3 Å². The molecular formula is C21H18N2O5S. The molecule has 2 N–H and O–H groups in total. The maximum atomic E-state index is 12.7. The van der Waals surface area contributed by atoms with Gasteiger partial charge in [0.2, 0.25) is 0 Å². The molecule has 3 rings (SSSR count). The smallest absolute Gasteiger partial charge is 0.341 e. The van der Waals surface area contributed by atoms with Crippen molar-refractivity contribution in [1.29, 1.82) is 0 Å². The maximum absolute atomic E-state index is 12.7. The first-order valence-electron chi connectivity index (χ1n) is 8.76. The lowest BCUT2D eigenvalue weighted by atomic mass is 10.0. The molecule has 3 aromatic rings. The summed E-state index contributed by atoms with van der Waals surface area (Å²) in [4.78, 5) is 40.4. The van der Waals surface area contributed by atoms with Gasteiger partial charge in [-0.25, -0.2) is 9.59 Å². The van der Waals surface area contributed by atoms with Crippen LogP contribution in [0.3, 0.4) is 0 Å². The van der Waals surface area contributed by atoms with Gasteiger partial charge in [0.1, 0.15) is 10.6 Å². The fourth-order valence-electron chi connectivity index (χ4n) is 2.73. The number of esters is 1. The number of aromatic carboxylic acids is 1. The van der Waals surface area contributed by atoms with E-state index in [1.165, 1.54) is 23.6 Å². The number of carboxylic acid groups (broad SMARTS) is 1. The molecule has 0 aliphatic heterocycles. The SMILES string of the molecule is CCOC(=O)c1c(-c2ccc(C)cc2)csc1NC(=O)c1ccncc1C(=O)O. The van der Waals surface area contributed by atoms with Gasteiger partial charge in [0, 0.05) is 23.3 Å². The molecule has 7 nitrogen and oxygen atoms in total. The molecule has 0 saturated carbocycles. The summed E-state index contributed by atoms with van der Waals surface area (Å²) in [7, 11) is 0. The summed E-state index contributed by atoms with van der Waals surface area (Å²) in [5.41, 5.74) is 2.49. The van der Waals surface area contributed by atoms with Gasteiger partial charge in [-0.15, -0.1) is 11.3 Å². The monoisotopic (exact) mass is 410 g/mol. The molecule has 0 aliphatic carbocycles. The van der Waals surface area contributed by atoms with Crippen molar-refractivity contribution in [2.45, 2.75) is 13.8 Å². The lowest BCUT2D eigenvalue weighted by molar-refractivity contribution is 0.0528. The molecular weight excluding hydrogens is 392 g/mol. The Morgan fingerprint density at radius 3 is 2.52 bits per heavy atom. The zero-order chi connectivity index (χ0) is 21.0. The van der Waals surface area contributed by atoms with Gasteiger partial charge in [0.15, 0.2) is 0 Å². The van der Waals surface area contributed by atoms with E-state index in [2.05, 4.69) is 10.3 Å². The fourth-order valence-corrected chi connectivity index (χ4v) is 3.69. The molecule has 1 aromatic carbocycles. The number of anilines is 1. The number of rotatable bonds is 6. The molecule has 0 aliphatic rings. The first-order valence-corrected chi connectivity index (χ1v) is 9.64. The van der Waals surface area contributed by atoms with Gasteiger partial charge in [-0.2, -0.15) is 0 Å². The summed E-state index contributed by atoms with van der Waals surface area (Å²) in [5, 5.41) is 14.0. The Morgan fingerprint density at radius 2 is 1.86 bits per heavy atom. The van der Waals surface area contributed by atoms with E-state index in [9.17, 15) is 19.5 Å². The number of nitrogens with zero attached hydrogens (tertiary/aromatic N) is 1. The minimum atomic E-state index is -1.26. The second-order valence-corrected chi connectivity index (χ2v) is 7.00. The summed E-state index contributed by atoms with van der Waals surface area (Å²) in [6.07, 6.45) is 2.44. The van der Waals surface area contributed by atoms with Crippen molar-refractivity contribution in [2.75, 3.05) is 11.9 Å². The lowest BCUT2D eigenvalue weighted by Crippen LogP contribution is -2.18. The largest absolute Gasteiger partial charge is 0.478 e. The Morgan fingerprint density at radius 1 is 1.14 bits per heavy atom. The lowest BCUT2D eigenvalue weighted by Gasteiger charge is -2.10. The van der Waals surface area contributed by atoms with Gasteiger partial charge in [0.25, 0.3) is 5.91 Å². The van der Waals surface area contributed by atoms with E-state index < -0.39 is 17.8 Å². The molecule has 0 bridgehead atoms. The molecule has 0 saturated heterocycles. The number of carboxylic acids is 1. The molecule has 0 fully saturated rings. The van der Waals surface area contributed by atoms with Gasteiger partial charge in [-0.05, 0) is 25.5 Å². The third kappa shape index (κ3) is 4.33. The Kier molecular flexibility index (Phi) is 6.04. The van der Waals surface area contributed by atoms with Crippen molar-refractivity contribution in [2.24, 2.45) is 0 Å². The molecule has 148 valence electrons. The standard InChI is InChI=1S/C21H18N2O5S/c1-3-28-21(27)17-16(13-6-4-12(2)5-7-13)11-29-19(17)23-18(24)14-8-9-22-10-15(14)20(25)26/h4-11H,3H2,1-2H3,(H,23,24)(H,25,26). The van der Waals surface area contributed by atoms with Crippen molar-refractivity contribution in [3.63, 3.8) is 0 Å². The minimum Gasteiger partial charge on any atom is -0.478 e. The average molecular weight is 410 g/mol. The highest BCUT2D eigenvalue weighted by atomic mass is 32.1. The van der Waals surface area contributed by atoms with Crippen LogP contribution < -0.4 is 5.32 Å². The van der Waals surface area contributed by atoms with Crippen LogP contribution in [0, 0.1) is 6.92 Å². The van der Waals surface area contributed by atoms with Crippen molar-refractivity contribution in [3.8, 4) is 11.1 Å². The van der Waals surface area contributed by atoms with Crippen LogP contribution in [0.2, 0.25) is 0 Å². The molecule has 29 heavy (non-hydrogen) atoms. The van der Waals surface area contributed by atoms with Crippen LogP contribution in [0.25, 0.3) is 11.1 Å². The predicted octanol–water partition coefficient (Wildman–Crippen LogP) is 4.25. The number of benzene rings is 1. The van der Waals surface area contributed by atoms with E-state index in [1.54, 1.807) is 12.3 Å². The summed E-state index contributed by atoms with van der Waals surface area (Å²) in [5.74, 6) is -2.47. The molecule has 2 aromatic heterocycles. The topological polar surface area (TPSA) is 106 Å². The number of amides is 1. The summed E-state index contributed by atoms with van der Waals surface area (Å²) in [6.45, 7) is 3.84. The first kappa shape index (κ1) is 20.2. The van der Waals surface area contributed by atoms with E-state index in [1.807, 2.05) is 31.2 Å². The van der Waals surface area contributed by atoms with Crippen LogP contribution >= 0.6 is 11.3 Å². The number of carbonyl (C=O) groups excluding carboxylic acids is 2. The predicted molar refractivity (Wildman–Crippen MR) is 110 cm³/mol. The molecule has 0 radical (unpaired) electrons. The van der Waals surface area contributed by atoms with Gasteiger partial charge >= 0.3 is 11.9 Å². The van der Waals surface area contributed by atoms with Crippen LogP contribution in [0.4, 0.5) is 5.00 Å². The molecule has 8 heteroatoms. The molecule has 0 spiro atoms. The van der Waals surface area contributed by atoms with Gasteiger partial charge in [-0.3, -0.25) is 9.78 Å². The quantitative estimate of drug-likeness (QED) is 0.589. The number of aryl methyl sites for hydroxylation is 1. The highest BCUT2D eigenvalue weighted by Crippen LogP contribution is 2.36. The van der Waals surface area contributed by atoms with Gasteiger partial charge in [0.05, 0.1) is 17.7 Å². The molecule has 2 heterocycles. The second kappa shape index (κ2) is 8.66. The van der Waals surface area contributed by atoms with Crippen LogP contribution in [0.1, 0.15) is 43.6 Å². The normalized spacial score (nSPS) is 10.4. The Hall–Kier alpha value is -3.52. The van der Waals surface area contributed by atoms with E-state index in [0.29, 0.717) is 5.56 Å². The van der Waals surface area contributed by atoms with E-state index >= 15 is 0 Å². The number of thiophene rings is 1. The van der Waals surface area contributed by atoms with Crippen molar-refractivity contribution < 1.29 is 24.2 Å². The van der Waals surface area contributed by atoms with Gasteiger partial charge < -0.3 is 15.2 Å². The minimum absolute atomic E-state index is 0.0485. The first-order chi connectivity index (χ1) is 13.9. The number of nitrogens with one attached hydrogen (secondary N) is 1. The van der Waals surface area contributed by atoms with Crippen LogP contribution in [-0.2, 0) is 4.74 Å². The maximum Gasteiger partial charge on any atom is 0.341 e. The fraction of sp³-hybridized carbons (Fsp3) is 0.143. The number of hydrogen-bond acceptors (Lipinski definition) is 6. The summed E-state index contributed by atoms with van der Waals surface area (Å²) < 4.78 is 5.17. The highest BCUT2D eigenvalue weighted by molar-refractivity contribution is 7.15. The zero-order valence-electron chi connectivity index (χ0n) is 15.8. The third-order valence-electron chi connectivity index (χ3n) is 4.16. The second-order valence-electron chi connectivity index (χ2n) is 6.12. The Labute approximate surface area is 171 Å². The number of pyridine rings is 1. The number of carbonyl (C=O) groups is 3. The summed E-state index contributed by atoms with van der Waals surface area (Å²) >= 11 is 1.17. The van der Waals surface area contributed by atoms with Crippen LogP contribution in [0.15, 0.2) is 48.1 Å². The number of aromatic nitrogens is 1. The van der Waals surface area contributed by atoms with E-state index in [-0.39, 0.29) is 28.3 Å². The van der Waals surface area contributed by atoms with E-state index in [4.69, 9.17) is 4.74 Å². The Balaban J connectivity index is 2.01. The number of hydrogen-bond donors (Lipinski definition) is 2. The molecule has 0 unspecified atom stereocenters. The van der Waals surface area contributed by atoms with Crippen molar-refractivity contribution in [1.82, 2.24) is 4.98 Å². The highest BCUT2D eigenvalue weighted by Gasteiger charge is 2.24. The molecule has 0 atom stereocenters. The Bertz CT molecular complexity index is 1070. The van der Waals surface area contributed by atoms with Crippen molar-refractivity contribution in [3.05, 3.63) is 70.4 Å². The van der Waals surface area contributed by atoms with Crippen LogP contribution in [0.5, 0.6) is 0 Å². The number of ether oxygens (including phenoxy) is 1. The molecule has 1 amide bonds. The van der Waals surface area contributed by atoms with Crippen molar-refractivity contribution >= 4 is 34.2 Å². The van der Waals surface area contributed by atoms with Gasteiger partial charge in [-0.1, -0.05) is 29.8 Å².